The highest BCUT2D eigenvalue weighted by Gasteiger charge is 2.34. The highest BCUT2D eigenvalue weighted by atomic mass is 35.5. The minimum Gasteiger partial charge on any atom is -0.370 e. The maximum atomic E-state index is 11.5. The molecule has 0 saturated heterocycles. The largest absolute Gasteiger partial charge is 0.370 e. The fraction of sp³-hybridized carbons (Fsp3) is 0.333. The summed E-state index contributed by atoms with van der Waals surface area (Å²) in [6.45, 7) is 0. The van der Waals surface area contributed by atoms with Crippen LogP contribution in [0.5, 0.6) is 0 Å². The summed E-state index contributed by atoms with van der Waals surface area (Å²) in [6, 6.07) is 3.14. The molecule has 0 aromatic carbocycles. The first kappa shape index (κ1) is 13.5. The lowest BCUT2D eigenvalue weighted by atomic mass is 10.2. The Labute approximate surface area is 108 Å². The van der Waals surface area contributed by atoms with Gasteiger partial charge in [0.1, 0.15) is 0 Å². The minimum atomic E-state index is -1.63. The van der Waals surface area contributed by atoms with Crippen LogP contribution < -0.4 is 5.32 Å². The van der Waals surface area contributed by atoms with Crippen molar-refractivity contribution in [2.24, 2.45) is 0 Å². The molecular formula is C9H9Cl3N2O2. The molecule has 1 aromatic heterocycles. The third-order valence-electron chi connectivity index (χ3n) is 1.77. The van der Waals surface area contributed by atoms with Crippen molar-refractivity contribution in [2.45, 2.75) is 10.6 Å². The lowest BCUT2D eigenvalue weighted by Gasteiger charge is -2.23. The molecular weight excluding hydrogens is 274 g/mol. The molecule has 1 rings (SSSR count). The van der Waals surface area contributed by atoms with E-state index in [4.69, 9.17) is 34.8 Å². The second kappa shape index (κ2) is 5.68. The van der Waals surface area contributed by atoms with Crippen LogP contribution in [0.15, 0.2) is 24.5 Å². The van der Waals surface area contributed by atoms with E-state index < -0.39 is 16.5 Å². The van der Waals surface area contributed by atoms with Crippen molar-refractivity contribution in [1.82, 2.24) is 10.3 Å². The summed E-state index contributed by atoms with van der Waals surface area (Å²) in [5.41, 5.74) is 0.292. The number of hydrogen-bond donors (Lipinski definition) is 2. The van der Waals surface area contributed by atoms with Crippen LogP contribution in [0.4, 0.5) is 0 Å². The Balaban J connectivity index is 2.66. The number of aromatic nitrogens is 1. The number of carbonyl (C=O) groups excluding carboxylic acids is 1. The van der Waals surface area contributed by atoms with E-state index in [9.17, 15) is 9.90 Å². The lowest BCUT2D eigenvalue weighted by Crippen LogP contribution is -2.47. The molecule has 0 bridgehead atoms. The number of alkyl halides is 3. The van der Waals surface area contributed by atoms with Gasteiger partial charge in [-0.2, -0.15) is 0 Å². The van der Waals surface area contributed by atoms with Crippen LogP contribution in [0, 0.1) is 0 Å². The summed E-state index contributed by atoms with van der Waals surface area (Å²) in [5, 5.41) is 11.7. The van der Waals surface area contributed by atoms with Gasteiger partial charge in [0.05, 0.1) is 11.4 Å². The number of pyridine rings is 1. The van der Waals surface area contributed by atoms with Gasteiger partial charge in [0, 0.05) is 12.4 Å². The van der Waals surface area contributed by atoms with Crippen molar-refractivity contribution in [3.63, 3.8) is 0 Å². The van der Waals surface area contributed by atoms with Crippen LogP contribution in [0.2, 0.25) is 0 Å². The number of aliphatic hydroxyl groups excluding tert-OH is 1. The molecule has 0 aliphatic carbocycles. The minimum absolute atomic E-state index is 0.218. The van der Waals surface area contributed by atoms with Gasteiger partial charge in [-0.15, -0.1) is 11.6 Å². The molecule has 4 nitrogen and oxygen atoms in total. The first-order valence-electron chi connectivity index (χ1n) is 4.30. The Hall–Kier alpha value is -0.550. The van der Waals surface area contributed by atoms with E-state index in [1.165, 1.54) is 12.4 Å². The SMILES string of the molecule is O=C(NC(O)C(Cl)(Cl)CCl)c1cccnc1. The van der Waals surface area contributed by atoms with Gasteiger partial charge >= 0.3 is 0 Å². The smallest absolute Gasteiger partial charge is 0.254 e. The Morgan fingerprint density at radius 2 is 2.31 bits per heavy atom. The molecule has 1 atom stereocenters. The Bertz CT molecular complexity index is 359. The van der Waals surface area contributed by atoms with Gasteiger partial charge in [0.25, 0.3) is 5.91 Å². The van der Waals surface area contributed by atoms with Crippen molar-refractivity contribution >= 4 is 40.7 Å². The summed E-state index contributed by atoms with van der Waals surface area (Å²) < 4.78 is -1.63. The second-order valence-electron chi connectivity index (χ2n) is 3.01. The fourth-order valence-corrected chi connectivity index (χ4v) is 1.14. The van der Waals surface area contributed by atoms with Crippen molar-refractivity contribution in [2.75, 3.05) is 5.88 Å². The summed E-state index contributed by atoms with van der Waals surface area (Å²) in [5.74, 6) is -0.749. The maximum absolute atomic E-state index is 11.5. The van der Waals surface area contributed by atoms with Crippen LogP contribution in [0.1, 0.15) is 10.4 Å². The third-order valence-corrected chi connectivity index (χ3v) is 3.15. The van der Waals surface area contributed by atoms with E-state index in [1.54, 1.807) is 12.1 Å². The molecule has 88 valence electrons. The van der Waals surface area contributed by atoms with E-state index in [1.807, 2.05) is 0 Å². The van der Waals surface area contributed by atoms with Gasteiger partial charge in [-0.25, -0.2) is 0 Å². The molecule has 0 spiro atoms. The first-order chi connectivity index (χ1) is 7.47. The lowest BCUT2D eigenvalue weighted by molar-refractivity contribution is 0.0758. The van der Waals surface area contributed by atoms with Crippen LogP contribution in [0.3, 0.4) is 0 Å². The molecule has 0 saturated carbocycles. The molecule has 1 unspecified atom stereocenters. The molecule has 0 fully saturated rings. The van der Waals surface area contributed by atoms with E-state index >= 15 is 0 Å². The van der Waals surface area contributed by atoms with Crippen molar-refractivity contribution < 1.29 is 9.90 Å². The Kier molecular flexibility index (Phi) is 4.80. The van der Waals surface area contributed by atoms with Crippen LogP contribution in [0.25, 0.3) is 0 Å². The predicted molar refractivity (Wildman–Crippen MR) is 62.9 cm³/mol. The standard InChI is InChI=1S/C9H9Cl3N2O2/c10-5-9(11,12)8(16)14-7(15)6-2-1-3-13-4-6/h1-4,8,16H,5H2,(H,14,15). The summed E-state index contributed by atoms with van der Waals surface area (Å²) in [6.07, 6.45) is 1.42. The highest BCUT2D eigenvalue weighted by Crippen LogP contribution is 2.25. The second-order valence-corrected chi connectivity index (χ2v) is 4.82. The van der Waals surface area contributed by atoms with Gasteiger partial charge in [0.2, 0.25) is 0 Å². The fourth-order valence-electron chi connectivity index (χ4n) is 0.883. The molecule has 1 amide bonds. The number of hydrogen-bond acceptors (Lipinski definition) is 3. The zero-order valence-corrected chi connectivity index (χ0v) is 10.3. The molecule has 0 aliphatic rings. The van der Waals surface area contributed by atoms with E-state index in [0.717, 1.165) is 0 Å². The molecule has 0 radical (unpaired) electrons. The van der Waals surface area contributed by atoms with Crippen molar-refractivity contribution in [1.29, 1.82) is 0 Å². The monoisotopic (exact) mass is 282 g/mol. The Morgan fingerprint density at radius 1 is 1.62 bits per heavy atom. The predicted octanol–water partition coefficient (Wildman–Crippen LogP) is 1.54. The van der Waals surface area contributed by atoms with E-state index in [0.29, 0.717) is 5.56 Å². The number of nitrogens with zero attached hydrogens (tertiary/aromatic N) is 1. The number of rotatable bonds is 4. The topological polar surface area (TPSA) is 62.2 Å². The zero-order valence-electron chi connectivity index (χ0n) is 8.03. The molecule has 1 aromatic rings. The van der Waals surface area contributed by atoms with Crippen molar-refractivity contribution in [3.8, 4) is 0 Å². The average molecular weight is 284 g/mol. The number of nitrogens with one attached hydrogen (secondary N) is 1. The van der Waals surface area contributed by atoms with Gasteiger partial charge in [-0.05, 0) is 12.1 Å². The molecule has 1 heterocycles. The molecule has 7 heteroatoms. The summed E-state index contributed by atoms with van der Waals surface area (Å²) in [4.78, 5) is 15.3. The summed E-state index contributed by atoms with van der Waals surface area (Å²) in [7, 11) is 0. The van der Waals surface area contributed by atoms with Crippen molar-refractivity contribution in [3.05, 3.63) is 30.1 Å². The van der Waals surface area contributed by atoms with E-state index in [2.05, 4.69) is 10.3 Å². The van der Waals surface area contributed by atoms with Crippen LogP contribution in [-0.2, 0) is 0 Å². The molecule has 16 heavy (non-hydrogen) atoms. The highest BCUT2D eigenvalue weighted by molar-refractivity contribution is 6.52. The number of carbonyl (C=O) groups is 1. The normalized spacial score (nSPS) is 13.2. The van der Waals surface area contributed by atoms with Gasteiger partial charge in [-0.3, -0.25) is 9.78 Å². The van der Waals surface area contributed by atoms with Gasteiger partial charge in [-0.1, -0.05) is 23.2 Å². The van der Waals surface area contributed by atoms with E-state index in [-0.39, 0.29) is 5.88 Å². The zero-order chi connectivity index (χ0) is 12.2. The Morgan fingerprint density at radius 3 is 2.81 bits per heavy atom. The number of halogens is 3. The number of aliphatic hydroxyl groups is 1. The molecule has 0 aliphatic heterocycles. The maximum Gasteiger partial charge on any atom is 0.254 e. The van der Waals surface area contributed by atoms with Crippen LogP contribution in [-0.4, -0.2) is 32.4 Å². The summed E-state index contributed by atoms with van der Waals surface area (Å²) >= 11 is 16.7. The van der Waals surface area contributed by atoms with Gasteiger partial charge < -0.3 is 10.4 Å². The van der Waals surface area contributed by atoms with Crippen LogP contribution >= 0.6 is 34.8 Å². The van der Waals surface area contributed by atoms with Gasteiger partial charge in [0.15, 0.2) is 10.6 Å². The quantitative estimate of drug-likeness (QED) is 0.651. The first-order valence-corrected chi connectivity index (χ1v) is 5.59. The molecule has 2 N–H and O–H groups in total. The average Bonchev–Trinajstić information content (AvgIpc) is 2.30. The number of amides is 1. The third kappa shape index (κ3) is 3.49.